The van der Waals surface area contributed by atoms with E-state index in [9.17, 15) is 9.59 Å². The van der Waals surface area contributed by atoms with E-state index in [1.165, 1.54) is 18.4 Å². The summed E-state index contributed by atoms with van der Waals surface area (Å²) < 4.78 is 5.07. The molecule has 1 aromatic heterocycles. The summed E-state index contributed by atoms with van der Waals surface area (Å²) >= 11 is 1.29. The number of thiophene rings is 1. The van der Waals surface area contributed by atoms with Crippen LogP contribution in [0.3, 0.4) is 0 Å². The summed E-state index contributed by atoms with van der Waals surface area (Å²) in [5.41, 5.74) is -0.565. The molecule has 0 bridgehead atoms. The summed E-state index contributed by atoms with van der Waals surface area (Å²) in [6, 6.07) is 1.73. The van der Waals surface area contributed by atoms with Gasteiger partial charge in [0.1, 0.15) is 10.6 Å². The van der Waals surface area contributed by atoms with Gasteiger partial charge in [-0.2, -0.15) is 0 Å². The average molecular weight is 271 g/mol. The van der Waals surface area contributed by atoms with Crippen molar-refractivity contribution in [3.63, 3.8) is 0 Å². The van der Waals surface area contributed by atoms with Crippen LogP contribution < -0.4 is 10.1 Å². The molecule has 0 radical (unpaired) electrons. The maximum atomic E-state index is 12.0. The number of nitrogens with one attached hydrogen (secondary N) is 1. The largest absolute Gasteiger partial charge is 0.495 e. The molecule has 0 fully saturated rings. The number of aliphatic carboxylic acids is 1. The SMILES string of the molecule is COc1ccsc1C(=O)NC(C)(C)CCC(=O)O. The summed E-state index contributed by atoms with van der Waals surface area (Å²) in [7, 11) is 1.51. The fourth-order valence-electron chi connectivity index (χ4n) is 1.47. The second-order valence-corrected chi connectivity index (χ2v) is 5.47. The molecule has 18 heavy (non-hydrogen) atoms. The van der Waals surface area contributed by atoms with E-state index in [0.717, 1.165) is 0 Å². The second kappa shape index (κ2) is 5.86. The minimum atomic E-state index is -0.869. The van der Waals surface area contributed by atoms with Crippen LogP contribution in [0.1, 0.15) is 36.4 Å². The van der Waals surface area contributed by atoms with Crippen molar-refractivity contribution < 1.29 is 19.4 Å². The molecular weight excluding hydrogens is 254 g/mol. The van der Waals surface area contributed by atoms with E-state index in [0.29, 0.717) is 17.0 Å². The highest BCUT2D eigenvalue weighted by molar-refractivity contribution is 7.12. The van der Waals surface area contributed by atoms with Crippen molar-refractivity contribution in [2.75, 3.05) is 7.11 Å². The number of methoxy groups -OCH3 is 1. The first-order valence-electron chi connectivity index (χ1n) is 5.51. The smallest absolute Gasteiger partial charge is 0.303 e. The molecule has 6 heteroatoms. The van der Waals surface area contributed by atoms with E-state index in [1.54, 1.807) is 25.3 Å². The minimum Gasteiger partial charge on any atom is -0.495 e. The van der Waals surface area contributed by atoms with Crippen LogP contribution in [-0.2, 0) is 4.79 Å². The van der Waals surface area contributed by atoms with Gasteiger partial charge in [-0.25, -0.2) is 0 Å². The lowest BCUT2D eigenvalue weighted by molar-refractivity contribution is -0.137. The topological polar surface area (TPSA) is 75.6 Å². The summed E-state index contributed by atoms with van der Waals surface area (Å²) in [4.78, 5) is 23.0. The Morgan fingerprint density at radius 1 is 1.50 bits per heavy atom. The third-order valence-corrected chi connectivity index (χ3v) is 3.37. The van der Waals surface area contributed by atoms with E-state index < -0.39 is 11.5 Å². The van der Waals surface area contributed by atoms with Crippen LogP contribution in [0.25, 0.3) is 0 Å². The van der Waals surface area contributed by atoms with Gasteiger partial charge in [-0.05, 0) is 31.7 Å². The summed E-state index contributed by atoms with van der Waals surface area (Å²) in [6.45, 7) is 3.60. The first-order chi connectivity index (χ1) is 8.35. The molecule has 0 spiro atoms. The number of ether oxygens (including phenoxy) is 1. The summed E-state index contributed by atoms with van der Waals surface area (Å²) in [5.74, 6) is -0.574. The Labute approximate surface area is 110 Å². The minimum absolute atomic E-state index is 0.0227. The van der Waals surface area contributed by atoms with Crippen molar-refractivity contribution in [1.82, 2.24) is 5.32 Å². The number of amides is 1. The highest BCUT2D eigenvalue weighted by Crippen LogP contribution is 2.25. The molecular formula is C12H17NO4S. The highest BCUT2D eigenvalue weighted by atomic mass is 32.1. The fraction of sp³-hybridized carbons (Fsp3) is 0.500. The Hall–Kier alpha value is -1.56. The molecule has 1 heterocycles. The molecule has 2 N–H and O–H groups in total. The van der Waals surface area contributed by atoms with Gasteiger partial charge >= 0.3 is 5.97 Å². The number of rotatable bonds is 6. The quantitative estimate of drug-likeness (QED) is 0.831. The number of carboxylic acid groups (broad SMARTS) is 1. The molecule has 0 aliphatic carbocycles. The lowest BCUT2D eigenvalue weighted by Crippen LogP contribution is -2.43. The number of hydrogen-bond acceptors (Lipinski definition) is 4. The predicted octanol–water partition coefficient (Wildman–Crippen LogP) is 2.13. The van der Waals surface area contributed by atoms with Gasteiger partial charge in [0.25, 0.3) is 5.91 Å². The van der Waals surface area contributed by atoms with Crippen LogP contribution in [-0.4, -0.2) is 29.6 Å². The van der Waals surface area contributed by atoms with Gasteiger partial charge < -0.3 is 15.2 Å². The van der Waals surface area contributed by atoms with Crippen LogP contribution in [0, 0.1) is 0 Å². The Balaban J connectivity index is 2.66. The van der Waals surface area contributed by atoms with Gasteiger partial charge in [0.15, 0.2) is 0 Å². The number of hydrogen-bond donors (Lipinski definition) is 2. The molecule has 1 aromatic rings. The van der Waals surface area contributed by atoms with E-state index in [1.807, 2.05) is 0 Å². The highest BCUT2D eigenvalue weighted by Gasteiger charge is 2.24. The normalized spacial score (nSPS) is 11.1. The molecule has 0 aliphatic rings. The Morgan fingerprint density at radius 3 is 2.72 bits per heavy atom. The monoisotopic (exact) mass is 271 g/mol. The van der Waals surface area contributed by atoms with Gasteiger partial charge in [-0.3, -0.25) is 9.59 Å². The molecule has 0 aliphatic heterocycles. The molecule has 5 nitrogen and oxygen atoms in total. The van der Waals surface area contributed by atoms with Crippen molar-refractivity contribution in [3.05, 3.63) is 16.3 Å². The molecule has 0 aromatic carbocycles. The van der Waals surface area contributed by atoms with Crippen LogP contribution in [0.5, 0.6) is 5.75 Å². The maximum absolute atomic E-state index is 12.0. The van der Waals surface area contributed by atoms with Gasteiger partial charge in [-0.15, -0.1) is 11.3 Å². The molecule has 1 amide bonds. The van der Waals surface area contributed by atoms with Crippen LogP contribution >= 0.6 is 11.3 Å². The first-order valence-corrected chi connectivity index (χ1v) is 6.39. The molecule has 100 valence electrons. The van der Waals surface area contributed by atoms with Crippen LogP contribution in [0.15, 0.2) is 11.4 Å². The number of carboxylic acids is 1. The van der Waals surface area contributed by atoms with Gasteiger partial charge in [0.2, 0.25) is 0 Å². The molecule has 0 atom stereocenters. The van der Waals surface area contributed by atoms with Crippen molar-refractivity contribution in [3.8, 4) is 5.75 Å². The lowest BCUT2D eigenvalue weighted by Gasteiger charge is -2.25. The molecule has 0 saturated heterocycles. The Morgan fingerprint density at radius 2 is 2.17 bits per heavy atom. The van der Waals surface area contributed by atoms with Gasteiger partial charge in [-0.1, -0.05) is 0 Å². The standard InChI is InChI=1S/C12H17NO4S/c1-12(2,6-4-9(14)15)13-11(16)10-8(17-3)5-7-18-10/h5,7H,4,6H2,1-3H3,(H,13,16)(H,14,15). The maximum Gasteiger partial charge on any atom is 0.303 e. The summed E-state index contributed by atoms with van der Waals surface area (Å²) in [5, 5.41) is 13.2. The zero-order valence-corrected chi connectivity index (χ0v) is 11.5. The molecule has 0 unspecified atom stereocenters. The van der Waals surface area contributed by atoms with Gasteiger partial charge in [0, 0.05) is 12.0 Å². The third kappa shape index (κ3) is 4.03. The second-order valence-electron chi connectivity index (χ2n) is 4.55. The summed E-state index contributed by atoms with van der Waals surface area (Å²) in [6.07, 6.45) is 0.399. The van der Waals surface area contributed by atoms with Crippen LogP contribution in [0.4, 0.5) is 0 Å². The van der Waals surface area contributed by atoms with Crippen LogP contribution in [0.2, 0.25) is 0 Å². The van der Waals surface area contributed by atoms with Gasteiger partial charge in [0.05, 0.1) is 7.11 Å². The zero-order valence-electron chi connectivity index (χ0n) is 10.6. The zero-order chi connectivity index (χ0) is 13.8. The Kier molecular flexibility index (Phi) is 4.72. The fourth-order valence-corrected chi connectivity index (χ4v) is 2.22. The number of carbonyl (C=O) groups is 2. The lowest BCUT2D eigenvalue weighted by atomic mass is 9.98. The van der Waals surface area contributed by atoms with E-state index >= 15 is 0 Å². The first kappa shape index (κ1) is 14.5. The average Bonchev–Trinajstić information content (AvgIpc) is 2.74. The molecule has 0 saturated carbocycles. The number of carbonyl (C=O) groups excluding carboxylic acids is 1. The molecule has 1 rings (SSSR count). The van der Waals surface area contributed by atoms with Crippen molar-refractivity contribution in [2.45, 2.75) is 32.2 Å². The Bertz CT molecular complexity index is 439. The van der Waals surface area contributed by atoms with E-state index in [2.05, 4.69) is 5.32 Å². The predicted molar refractivity (Wildman–Crippen MR) is 69.3 cm³/mol. The third-order valence-electron chi connectivity index (χ3n) is 2.47. The van der Waals surface area contributed by atoms with Crippen molar-refractivity contribution in [2.24, 2.45) is 0 Å². The van der Waals surface area contributed by atoms with E-state index in [-0.39, 0.29) is 12.3 Å². The van der Waals surface area contributed by atoms with Crippen molar-refractivity contribution in [1.29, 1.82) is 0 Å². The van der Waals surface area contributed by atoms with E-state index in [4.69, 9.17) is 9.84 Å². The van der Waals surface area contributed by atoms with Crippen molar-refractivity contribution >= 4 is 23.2 Å².